The lowest BCUT2D eigenvalue weighted by Crippen LogP contribution is -2.33. The molecule has 1 aromatic rings. The summed E-state index contributed by atoms with van der Waals surface area (Å²) >= 11 is 0. The van der Waals surface area contributed by atoms with Crippen LogP contribution in [0.1, 0.15) is 27.1 Å². The molecule has 0 aromatic carbocycles. The monoisotopic (exact) mass is 250 g/mol. The van der Waals surface area contributed by atoms with E-state index in [9.17, 15) is 14.7 Å². The highest BCUT2D eigenvalue weighted by molar-refractivity contribution is 6.21. The van der Waals surface area contributed by atoms with Gasteiger partial charge in [0.05, 0.1) is 23.8 Å². The third-order valence-corrected chi connectivity index (χ3v) is 2.82. The Morgan fingerprint density at radius 3 is 2.78 bits per heavy atom. The van der Waals surface area contributed by atoms with Gasteiger partial charge < -0.3 is 9.84 Å². The van der Waals surface area contributed by atoms with Crippen molar-refractivity contribution in [1.82, 2.24) is 9.88 Å². The van der Waals surface area contributed by atoms with Crippen molar-refractivity contribution >= 4 is 11.8 Å². The van der Waals surface area contributed by atoms with E-state index < -0.39 is 6.10 Å². The number of fused-ring (bicyclic) bond motifs is 1. The number of amides is 2. The van der Waals surface area contributed by atoms with Gasteiger partial charge >= 0.3 is 0 Å². The molecule has 1 aliphatic heterocycles. The first-order chi connectivity index (χ1) is 8.65. The summed E-state index contributed by atoms with van der Waals surface area (Å²) in [6.07, 6.45) is 2.48. The largest absolute Gasteiger partial charge is 0.391 e. The standard InChI is InChI=1S/C12H14N2O4/c1-18-7-8(15)3-5-14-11(16)9-2-4-13-6-10(9)12(14)17/h2,4,6,8,15H,3,5,7H2,1H3. The van der Waals surface area contributed by atoms with Crippen LogP contribution in [-0.2, 0) is 4.74 Å². The zero-order valence-electron chi connectivity index (χ0n) is 10.00. The quantitative estimate of drug-likeness (QED) is 0.748. The Balaban J connectivity index is 2.05. The molecule has 0 bridgehead atoms. The zero-order chi connectivity index (χ0) is 13.1. The molecule has 1 unspecified atom stereocenters. The number of imide groups is 1. The molecule has 0 saturated carbocycles. The molecule has 2 rings (SSSR count). The summed E-state index contributed by atoms with van der Waals surface area (Å²) in [5, 5.41) is 9.51. The highest BCUT2D eigenvalue weighted by Gasteiger charge is 2.35. The molecule has 0 aliphatic carbocycles. The van der Waals surface area contributed by atoms with Crippen LogP contribution in [0, 0.1) is 0 Å². The van der Waals surface area contributed by atoms with Crippen LogP contribution < -0.4 is 0 Å². The molecule has 1 atom stereocenters. The average molecular weight is 250 g/mol. The number of aromatic nitrogens is 1. The molecule has 2 heterocycles. The number of aliphatic hydroxyl groups is 1. The van der Waals surface area contributed by atoms with Crippen molar-refractivity contribution in [3.63, 3.8) is 0 Å². The predicted octanol–water partition coefficient (Wildman–Crippen LogP) is 0.0750. The number of methoxy groups -OCH3 is 1. The number of aliphatic hydroxyl groups excluding tert-OH is 1. The maximum Gasteiger partial charge on any atom is 0.263 e. The van der Waals surface area contributed by atoms with Crippen molar-refractivity contribution in [2.75, 3.05) is 20.3 Å². The van der Waals surface area contributed by atoms with E-state index in [-0.39, 0.29) is 25.0 Å². The molecule has 96 valence electrons. The number of ether oxygens (including phenoxy) is 1. The highest BCUT2D eigenvalue weighted by Crippen LogP contribution is 2.21. The number of rotatable bonds is 5. The number of pyridine rings is 1. The smallest absolute Gasteiger partial charge is 0.263 e. The summed E-state index contributed by atoms with van der Waals surface area (Å²) in [7, 11) is 1.48. The topological polar surface area (TPSA) is 79.7 Å². The van der Waals surface area contributed by atoms with E-state index in [4.69, 9.17) is 4.74 Å². The minimum atomic E-state index is -0.683. The molecule has 0 saturated heterocycles. The van der Waals surface area contributed by atoms with Crippen LogP contribution in [0.5, 0.6) is 0 Å². The molecular formula is C12H14N2O4. The van der Waals surface area contributed by atoms with Crippen molar-refractivity contribution in [2.45, 2.75) is 12.5 Å². The van der Waals surface area contributed by atoms with Crippen LogP contribution in [0.3, 0.4) is 0 Å². The zero-order valence-corrected chi connectivity index (χ0v) is 10.00. The Morgan fingerprint density at radius 2 is 2.11 bits per heavy atom. The predicted molar refractivity (Wildman–Crippen MR) is 62.1 cm³/mol. The molecule has 6 nitrogen and oxygen atoms in total. The van der Waals surface area contributed by atoms with Crippen molar-refractivity contribution in [1.29, 1.82) is 0 Å². The average Bonchev–Trinajstić information content (AvgIpc) is 2.61. The van der Waals surface area contributed by atoms with Gasteiger partial charge in [-0.3, -0.25) is 19.5 Å². The molecule has 0 spiro atoms. The van der Waals surface area contributed by atoms with E-state index in [2.05, 4.69) is 4.98 Å². The van der Waals surface area contributed by atoms with Crippen molar-refractivity contribution in [3.05, 3.63) is 29.6 Å². The highest BCUT2D eigenvalue weighted by atomic mass is 16.5. The van der Waals surface area contributed by atoms with Gasteiger partial charge in [0.1, 0.15) is 0 Å². The van der Waals surface area contributed by atoms with E-state index in [1.807, 2.05) is 0 Å². The van der Waals surface area contributed by atoms with Gasteiger partial charge in [-0.15, -0.1) is 0 Å². The molecule has 0 fully saturated rings. The number of carbonyl (C=O) groups excluding carboxylic acids is 2. The lowest BCUT2D eigenvalue weighted by molar-refractivity contribution is 0.0459. The Bertz CT molecular complexity index is 440. The SMILES string of the molecule is COCC(O)CCN1C(=O)c2ccncc2C1=O. The van der Waals surface area contributed by atoms with E-state index in [1.54, 1.807) is 0 Å². The maximum atomic E-state index is 11.9. The summed E-state index contributed by atoms with van der Waals surface area (Å²) in [5.41, 5.74) is 0.694. The van der Waals surface area contributed by atoms with Gasteiger partial charge in [0.2, 0.25) is 0 Å². The van der Waals surface area contributed by atoms with Gasteiger partial charge in [-0.05, 0) is 12.5 Å². The number of hydrogen-bond donors (Lipinski definition) is 1. The van der Waals surface area contributed by atoms with Gasteiger partial charge in [-0.1, -0.05) is 0 Å². The first-order valence-corrected chi connectivity index (χ1v) is 5.62. The van der Waals surface area contributed by atoms with Crippen molar-refractivity contribution in [2.24, 2.45) is 0 Å². The van der Waals surface area contributed by atoms with Crippen LogP contribution in [0.4, 0.5) is 0 Å². The maximum absolute atomic E-state index is 11.9. The third kappa shape index (κ3) is 2.25. The fourth-order valence-corrected chi connectivity index (χ4v) is 1.89. The summed E-state index contributed by atoms with van der Waals surface area (Å²) in [4.78, 5) is 28.8. The van der Waals surface area contributed by atoms with Gasteiger partial charge in [0, 0.05) is 26.0 Å². The summed E-state index contributed by atoms with van der Waals surface area (Å²) in [6.45, 7) is 0.363. The normalized spacial score (nSPS) is 16.0. The van der Waals surface area contributed by atoms with Gasteiger partial charge in [0.25, 0.3) is 11.8 Å². The minimum absolute atomic E-state index is 0.177. The first kappa shape index (κ1) is 12.7. The molecule has 2 amide bonds. The van der Waals surface area contributed by atoms with Gasteiger partial charge in [-0.25, -0.2) is 0 Å². The summed E-state index contributed by atoms with van der Waals surface area (Å²) in [6, 6.07) is 1.53. The second-order valence-electron chi connectivity index (χ2n) is 4.08. The van der Waals surface area contributed by atoms with Crippen molar-refractivity contribution in [3.8, 4) is 0 Å². The lowest BCUT2D eigenvalue weighted by Gasteiger charge is -2.16. The number of carbonyl (C=O) groups is 2. The van der Waals surface area contributed by atoms with E-state index >= 15 is 0 Å². The summed E-state index contributed by atoms with van der Waals surface area (Å²) < 4.78 is 4.79. The van der Waals surface area contributed by atoms with Crippen LogP contribution in [-0.4, -0.2) is 53.2 Å². The fourth-order valence-electron chi connectivity index (χ4n) is 1.89. The summed E-state index contributed by atoms with van der Waals surface area (Å²) in [5.74, 6) is -0.685. The van der Waals surface area contributed by atoms with Gasteiger partial charge in [-0.2, -0.15) is 0 Å². The van der Waals surface area contributed by atoms with Crippen LogP contribution in [0.2, 0.25) is 0 Å². The fraction of sp³-hybridized carbons (Fsp3) is 0.417. The number of nitrogens with zero attached hydrogens (tertiary/aromatic N) is 2. The van der Waals surface area contributed by atoms with Gasteiger partial charge in [0.15, 0.2) is 0 Å². The molecule has 1 aliphatic rings. The second-order valence-corrected chi connectivity index (χ2v) is 4.08. The van der Waals surface area contributed by atoms with Crippen LogP contribution >= 0.6 is 0 Å². The van der Waals surface area contributed by atoms with E-state index in [1.165, 1.54) is 25.6 Å². The molecule has 0 radical (unpaired) electrons. The van der Waals surface area contributed by atoms with Crippen LogP contribution in [0.15, 0.2) is 18.5 Å². The Morgan fingerprint density at radius 1 is 1.39 bits per heavy atom. The third-order valence-electron chi connectivity index (χ3n) is 2.82. The van der Waals surface area contributed by atoms with Crippen LogP contribution in [0.25, 0.3) is 0 Å². The lowest BCUT2D eigenvalue weighted by atomic mass is 10.2. The Hall–Kier alpha value is -1.79. The Kier molecular flexibility index (Phi) is 3.69. The minimum Gasteiger partial charge on any atom is -0.391 e. The molecular weight excluding hydrogens is 236 g/mol. The molecule has 1 aromatic heterocycles. The second kappa shape index (κ2) is 5.24. The van der Waals surface area contributed by atoms with E-state index in [0.717, 1.165) is 4.90 Å². The molecule has 6 heteroatoms. The first-order valence-electron chi connectivity index (χ1n) is 5.62. The molecule has 18 heavy (non-hydrogen) atoms. The molecule has 1 N–H and O–H groups in total. The van der Waals surface area contributed by atoms with E-state index in [0.29, 0.717) is 17.5 Å². The van der Waals surface area contributed by atoms with Crippen molar-refractivity contribution < 1.29 is 19.4 Å². The number of hydrogen-bond acceptors (Lipinski definition) is 5. The Labute approximate surface area is 104 Å².